The van der Waals surface area contributed by atoms with Crippen molar-refractivity contribution in [2.45, 2.75) is 6.54 Å². The third-order valence-electron chi connectivity index (χ3n) is 2.05. The van der Waals surface area contributed by atoms with Gasteiger partial charge in [-0.05, 0) is 12.1 Å². The molecule has 1 aliphatic rings. The number of hydrogen-bond donors (Lipinski definition) is 0. The number of furan rings is 1. The van der Waals surface area contributed by atoms with Gasteiger partial charge in [-0.25, -0.2) is 0 Å². The van der Waals surface area contributed by atoms with Crippen LogP contribution in [0.15, 0.2) is 22.8 Å². The largest absolute Gasteiger partial charge is 0.468 e. The highest BCUT2D eigenvalue weighted by atomic mass is 32.2. The Hall–Kier alpha value is -0.520. The molecule has 0 unspecified atom stereocenters. The van der Waals surface area contributed by atoms with E-state index >= 15 is 0 Å². The van der Waals surface area contributed by atoms with Crippen LogP contribution in [0.2, 0.25) is 0 Å². The molecule has 2 heterocycles. The quantitative estimate of drug-likeness (QED) is 0.719. The van der Waals surface area contributed by atoms with Crippen LogP contribution < -0.4 is 0 Å². The summed E-state index contributed by atoms with van der Waals surface area (Å²) in [4.78, 5) is 4.37. The summed E-state index contributed by atoms with van der Waals surface area (Å²) in [5.41, 5.74) is 0. The second kappa shape index (κ2) is 4.33. The van der Waals surface area contributed by atoms with E-state index in [2.05, 4.69) is 9.80 Å². The van der Waals surface area contributed by atoms with Gasteiger partial charge in [0.15, 0.2) is 0 Å². The van der Waals surface area contributed by atoms with Crippen LogP contribution in [0.1, 0.15) is 5.76 Å². The SMILES string of the molecule is CN1CN(Cc2ccco2)CSC1=S. The third kappa shape index (κ3) is 2.29. The number of thiocarbonyl (C=S) groups is 1. The van der Waals surface area contributed by atoms with Crippen molar-refractivity contribution in [2.75, 3.05) is 19.6 Å². The van der Waals surface area contributed by atoms with Gasteiger partial charge < -0.3 is 9.32 Å². The monoisotopic (exact) mass is 228 g/mol. The Bertz CT molecular complexity index is 313. The van der Waals surface area contributed by atoms with Crippen molar-refractivity contribution in [3.63, 3.8) is 0 Å². The van der Waals surface area contributed by atoms with E-state index in [1.54, 1.807) is 18.0 Å². The maximum absolute atomic E-state index is 5.30. The van der Waals surface area contributed by atoms with Crippen molar-refractivity contribution in [3.8, 4) is 0 Å². The van der Waals surface area contributed by atoms with E-state index in [9.17, 15) is 0 Å². The summed E-state index contributed by atoms with van der Waals surface area (Å²) >= 11 is 6.87. The molecular formula is C9H12N2OS2. The first-order valence-corrected chi connectivity index (χ1v) is 5.78. The summed E-state index contributed by atoms with van der Waals surface area (Å²) in [6, 6.07) is 3.92. The van der Waals surface area contributed by atoms with Crippen LogP contribution >= 0.6 is 24.0 Å². The molecule has 0 atom stereocenters. The zero-order valence-corrected chi connectivity index (χ0v) is 9.61. The first kappa shape index (κ1) is 10.0. The first-order chi connectivity index (χ1) is 6.75. The zero-order chi connectivity index (χ0) is 9.97. The average Bonchev–Trinajstić information content (AvgIpc) is 2.64. The molecule has 1 aromatic heterocycles. The molecule has 0 aliphatic carbocycles. The lowest BCUT2D eigenvalue weighted by Crippen LogP contribution is -2.41. The molecule has 0 N–H and O–H groups in total. The smallest absolute Gasteiger partial charge is 0.138 e. The van der Waals surface area contributed by atoms with Gasteiger partial charge in [-0.15, -0.1) is 0 Å². The van der Waals surface area contributed by atoms with Crippen molar-refractivity contribution in [1.82, 2.24) is 9.80 Å². The molecule has 0 saturated carbocycles. The molecule has 0 aromatic carbocycles. The lowest BCUT2D eigenvalue weighted by atomic mass is 10.4. The van der Waals surface area contributed by atoms with Gasteiger partial charge in [0.05, 0.1) is 25.4 Å². The molecule has 2 rings (SSSR count). The summed E-state index contributed by atoms with van der Waals surface area (Å²) in [7, 11) is 2.02. The van der Waals surface area contributed by atoms with E-state index in [0.29, 0.717) is 0 Å². The summed E-state index contributed by atoms with van der Waals surface area (Å²) in [6.07, 6.45) is 1.71. The van der Waals surface area contributed by atoms with Crippen molar-refractivity contribution in [2.24, 2.45) is 0 Å². The maximum Gasteiger partial charge on any atom is 0.138 e. The molecule has 1 fully saturated rings. The molecule has 0 radical (unpaired) electrons. The Morgan fingerprint density at radius 1 is 1.64 bits per heavy atom. The summed E-state index contributed by atoms with van der Waals surface area (Å²) in [5.74, 6) is 1.95. The van der Waals surface area contributed by atoms with Gasteiger partial charge in [0.25, 0.3) is 0 Å². The van der Waals surface area contributed by atoms with Gasteiger partial charge in [0.2, 0.25) is 0 Å². The van der Waals surface area contributed by atoms with Crippen molar-refractivity contribution in [3.05, 3.63) is 24.2 Å². The number of hydrogen-bond acceptors (Lipinski definition) is 4. The fourth-order valence-corrected chi connectivity index (χ4v) is 2.33. The van der Waals surface area contributed by atoms with E-state index in [1.807, 2.05) is 19.2 Å². The number of rotatable bonds is 2. The highest BCUT2D eigenvalue weighted by Crippen LogP contribution is 2.18. The molecule has 0 amide bonds. The van der Waals surface area contributed by atoms with Crippen LogP contribution in [0.5, 0.6) is 0 Å². The first-order valence-electron chi connectivity index (χ1n) is 4.38. The van der Waals surface area contributed by atoms with Gasteiger partial charge in [-0.2, -0.15) is 0 Å². The molecule has 1 saturated heterocycles. The summed E-state index contributed by atoms with van der Waals surface area (Å²) in [5, 5.41) is 0. The van der Waals surface area contributed by atoms with E-state index in [-0.39, 0.29) is 0 Å². The molecule has 0 spiro atoms. The van der Waals surface area contributed by atoms with Crippen LogP contribution in [0.25, 0.3) is 0 Å². The molecule has 1 aromatic rings. The average molecular weight is 228 g/mol. The second-order valence-electron chi connectivity index (χ2n) is 3.29. The van der Waals surface area contributed by atoms with E-state index in [1.165, 1.54) is 0 Å². The number of thioether (sulfide) groups is 1. The van der Waals surface area contributed by atoms with Gasteiger partial charge in [0, 0.05) is 7.05 Å². The minimum absolute atomic E-state index is 0.854. The van der Waals surface area contributed by atoms with Gasteiger partial charge in [-0.3, -0.25) is 4.90 Å². The topological polar surface area (TPSA) is 19.6 Å². The standard InChI is InChI=1S/C9H12N2OS2/c1-10-6-11(7-14-9(10)13)5-8-3-2-4-12-8/h2-4H,5-7H2,1H3. The van der Waals surface area contributed by atoms with Crippen LogP contribution in [-0.4, -0.2) is 33.7 Å². The fourth-order valence-electron chi connectivity index (χ4n) is 1.37. The predicted molar refractivity (Wildman–Crippen MR) is 61.9 cm³/mol. The van der Waals surface area contributed by atoms with Crippen molar-refractivity contribution in [1.29, 1.82) is 0 Å². The lowest BCUT2D eigenvalue weighted by Gasteiger charge is -2.33. The minimum Gasteiger partial charge on any atom is -0.468 e. The van der Waals surface area contributed by atoms with Crippen molar-refractivity contribution >= 4 is 28.3 Å². The Morgan fingerprint density at radius 3 is 3.14 bits per heavy atom. The Kier molecular flexibility index (Phi) is 3.10. The molecule has 5 heteroatoms. The maximum atomic E-state index is 5.30. The fraction of sp³-hybridized carbons (Fsp3) is 0.444. The number of nitrogens with zero attached hydrogens (tertiary/aromatic N) is 2. The second-order valence-corrected chi connectivity index (χ2v) is 4.87. The van der Waals surface area contributed by atoms with E-state index in [0.717, 1.165) is 29.2 Å². The Labute approximate surface area is 93.0 Å². The van der Waals surface area contributed by atoms with Gasteiger partial charge in [0.1, 0.15) is 10.1 Å². The van der Waals surface area contributed by atoms with Crippen LogP contribution in [0.4, 0.5) is 0 Å². The summed E-state index contributed by atoms with van der Waals surface area (Å²) in [6.45, 7) is 1.74. The van der Waals surface area contributed by atoms with Crippen LogP contribution in [0, 0.1) is 0 Å². The highest BCUT2D eigenvalue weighted by Gasteiger charge is 2.18. The van der Waals surface area contributed by atoms with Crippen LogP contribution in [-0.2, 0) is 6.54 Å². The Morgan fingerprint density at radius 2 is 2.50 bits per heavy atom. The molecule has 76 valence electrons. The van der Waals surface area contributed by atoms with Crippen molar-refractivity contribution < 1.29 is 4.42 Å². The Balaban J connectivity index is 1.91. The molecular weight excluding hydrogens is 216 g/mol. The third-order valence-corrected chi connectivity index (χ3v) is 3.77. The molecule has 14 heavy (non-hydrogen) atoms. The zero-order valence-electron chi connectivity index (χ0n) is 7.97. The normalized spacial score (nSPS) is 18.9. The summed E-state index contributed by atoms with van der Waals surface area (Å²) < 4.78 is 6.27. The molecule has 3 nitrogen and oxygen atoms in total. The molecule has 1 aliphatic heterocycles. The predicted octanol–water partition coefficient (Wildman–Crippen LogP) is 1.96. The van der Waals surface area contributed by atoms with E-state index in [4.69, 9.17) is 16.6 Å². The lowest BCUT2D eigenvalue weighted by molar-refractivity contribution is 0.211. The highest BCUT2D eigenvalue weighted by molar-refractivity contribution is 8.22. The minimum atomic E-state index is 0.854. The van der Waals surface area contributed by atoms with Crippen LogP contribution in [0.3, 0.4) is 0 Å². The van der Waals surface area contributed by atoms with Gasteiger partial charge >= 0.3 is 0 Å². The molecule has 0 bridgehead atoms. The van der Waals surface area contributed by atoms with Gasteiger partial charge in [-0.1, -0.05) is 24.0 Å². The van der Waals surface area contributed by atoms with E-state index < -0.39 is 0 Å².